The summed E-state index contributed by atoms with van der Waals surface area (Å²) in [6.45, 7) is 1.84. The minimum atomic E-state index is -1.76. The zero-order chi connectivity index (χ0) is 20.5. The number of carbonyl (C=O) groups excluding carboxylic acids is 1. The van der Waals surface area contributed by atoms with Crippen LogP contribution in [0.25, 0.3) is 11.0 Å². The minimum absolute atomic E-state index is 0.0682. The lowest BCUT2D eigenvalue weighted by Crippen LogP contribution is -2.52. The van der Waals surface area contributed by atoms with Crippen LogP contribution in [0.1, 0.15) is 16.7 Å². The molecule has 2 atom stereocenters. The Bertz CT molecular complexity index is 1370. The highest BCUT2D eigenvalue weighted by Gasteiger charge is 2.63. The first-order chi connectivity index (χ1) is 13.9. The van der Waals surface area contributed by atoms with Gasteiger partial charge < -0.3 is 14.5 Å². The second kappa shape index (κ2) is 5.78. The van der Waals surface area contributed by atoms with Gasteiger partial charge in [0.25, 0.3) is 0 Å². The van der Waals surface area contributed by atoms with Crippen molar-refractivity contribution in [3.8, 4) is 11.8 Å². The van der Waals surface area contributed by atoms with Crippen molar-refractivity contribution in [2.75, 3.05) is 5.32 Å². The van der Waals surface area contributed by atoms with Gasteiger partial charge in [-0.2, -0.15) is 5.26 Å². The number of para-hydroxylation sites is 1. The number of halogens is 1. The maximum absolute atomic E-state index is 13.4. The fourth-order valence-corrected chi connectivity index (χ4v) is 4.91. The van der Waals surface area contributed by atoms with Gasteiger partial charge in [-0.15, -0.1) is 0 Å². The monoisotopic (exact) mass is 449 g/mol. The number of nitrogens with one attached hydrogen (secondary N) is 2. The molecule has 1 amide bonds. The highest BCUT2D eigenvalue weighted by molar-refractivity contribution is 9.10. The van der Waals surface area contributed by atoms with Gasteiger partial charge in [-0.05, 0) is 30.7 Å². The van der Waals surface area contributed by atoms with Gasteiger partial charge in [0.1, 0.15) is 22.5 Å². The highest BCUT2D eigenvalue weighted by Crippen LogP contribution is 2.55. The number of ether oxygens (including phenoxy) is 1. The van der Waals surface area contributed by atoms with Crippen LogP contribution in [-0.2, 0) is 10.2 Å². The maximum atomic E-state index is 13.4. The Kier molecular flexibility index (Phi) is 3.52. The Morgan fingerprint density at radius 1 is 1.21 bits per heavy atom. The predicted octanol–water partition coefficient (Wildman–Crippen LogP) is 3.61. The quantitative estimate of drug-likeness (QED) is 0.508. The lowest BCUT2D eigenvalue weighted by Gasteiger charge is -2.37. The summed E-state index contributed by atoms with van der Waals surface area (Å²) in [4.78, 5) is 26.6. The third kappa shape index (κ3) is 2.03. The van der Waals surface area contributed by atoms with Crippen molar-refractivity contribution in [1.29, 1.82) is 10.7 Å². The number of fused-ring (bicyclic) bond motifs is 6. The molecule has 8 heteroatoms. The third-order valence-electron chi connectivity index (χ3n) is 5.53. The molecule has 2 aromatic carbocycles. The SMILES string of the molecule is Cc1ccc2c(c1Br)C1(C(=O)N2)c2c(c3ccccc3oc2=O)OC(=N)C1C#N. The van der Waals surface area contributed by atoms with Crippen LogP contribution in [-0.4, -0.2) is 11.8 Å². The summed E-state index contributed by atoms with van der Waals surface area (Å²) in [6.07, 6.45) is 0. The van der Waals surface area contributed by atoms with Crippen molar-refractivity contribution in [3.05, 3.63) is 68.0 Å². The fourth-order valence-electron chi connectivity index (χ4n) is 4.25. The van der Waals surface area contributed by atoms with E-state index in [4.69, 9.17) is 14.6 Å². The molecule has 2 aliphatic rings. The van der Waals surface area contributed by atoms with Crippen LogP contribution >= 0.6 is 15.9 Å². The molecular weight excluding hydrogens is 438 g/mol. The van der Waals surface area contributed by atoms with Crippen LogP contribution in [0.2, 0.25) is 0 Å². The molecule has 0 fully saturated rings. The van der Waals surface area contributed by atoms with Crippen molar-refractivity contribution in [2.45, 2.75) is 12.3 Å². The van der Waals surface area contributed by atoms with Crippen LogP contribution < -0.4 is 15.7 Å². The predicted molar refractivity (Wildman–Crippen MR) is 108 cm³/mol. The second-order valence-electron chi connectivity index (χ2n) is 7.00. The molecule has 1 spiro atoms. The molecule has 5 rings (SSSR count). The second-order valence-corrected chi connectivity index (χ2v) is 7.79. The number of benzene rings is 2. The molecule has 2 aliphatic heterocycles. The van der Waals surface area contributed by atoms with E-state index in [0.717, 1.165) is 5.56 Å². The smallest absolute Gasteiger partial charge is 0.344 e. The van der Waals surface area contributed by atoms with Crippen molar-refractivity contribution < 1.29 is 13.9 Å². The molecule has 142 valence electrons. The van der Waals surface area contributed by atoms with Crippen molar-refractivity contribution in [1.82, 2.24) is 0 Å². The Morgan fingerprint density at radius 3 is 2.72 bits per heavy atom. The zero-order valence-corrected chi connectivity index (χ0v) is 16.6. The molecule has 2 N–H and O–H groups in total. The summed E-state index contributed by atoms with van der Waals surface area (Å²) in [5.74, 6) is -2.22. The van der Waals surface area contributed by atoms with Gasteiger partial charge in [0.05, 0.1) is 11.5 Å². The number of amides is 1. The first kappa shape index (κ1) is 17.6. The Balaban J connectivity index is 2.03. The van der Waals surface area contributed by atoms with Crippen LogP contribution in [0.15, 0.2) is 50.1 Å². The molecule has 0 radical (unpaired) electrons. The summed E-state index contributed by atoms with van der Waals surface area (Å²) in [7, 11) is 0. The lowest BCUT2D eigenvalue weighted by atomic mass is 9.65. The van der Waals surface area contributed by atoms with Crippen molar-refractivity contribution in [3.63, 3.8) is 0 Å². The van der Waals surface area contributed by atoms with E-state index < -0.39 is 28.8 Å². The van der Waals surface area contributed by atoms with E-state index in [9.17, 15) is 14.9 Å². The van der Waals surface area contributed by atoms with E-state index in [-0.39, 0.29) is 16.9 Å². The number of carbonyl (C=O) groups is 1. The summed E-state index contributed by atoms with van der Waals surface area (Å²) in [6, 6.07) is 12.3. The molecule has 7 nitrogen and oxygen atoms in total. The van der Waals surface area contributed by atoms with E-state index in [1.807, 2.05) is 19.1 Å². The number of nitriles is 1. The summed E-state index contributed by atoms with van der Waals surface area (Å²) >= 11 is 3.53. The molecule has 2 unspecified atom stereocenters. The van der Waals surface area contributed by atoms with E-state index in [1.54, 1.807) is 30.3 Å². The van der Waals surface area contributed by atoms with Crippen LogP contribution in [0, 0.1) is 29.6 Å². The summed E-state index contributed by atoms with van der Waals surface area (Å²) < 4.78 is 11.7. The first-order valence-electron chi connectivity index (χ1n) is 8.74. The van der Waals surface area contributed by atoms with E-state index in [2.05, 4.69) is 21.2 Å². The third-order valence-corrected chi connectivity index (χ3v) is 6.55. The van der Waals surface area contributed by atoms with Crippen molar-refractivity contribution in [2.24, 2.45) is 5.92 Å². The average Bonchev–Trinajstić information content (AvgIpc) is 2.98. The molecule has 3 aromatic rings. The standard InChI is InChI=1S/C21H12BrN3O4/c1-9-6-7-12-14(16(9)22)21(20(27)25-12)11(8-23)18(24)29-17-10-4-2-3-5-13(10)28-19(26)15(17)21/h2-7,11,24H,1H3,(H,25,27). The maximum Gasteiger partial charge on any atom is 0.344 e. The molecule has 0 aliphatic carbocycles. The van der Waals surface area contributed by atoms with Crippen molar-refractivity contribution >= 4 is 44.4 Å². The van der Waals surface area contributed by atoms with Crippen LogP contribution in [0.5, 0.6) is 5.75 Å². The topological polar surface area (TPSA) is 116 Å². The van der Waals surface area contributed by atoms with Gasteiger partial charge in [-0.1, -0.05) is 34.1 Å². The lowest BCUT2D eigenvalue weighted by molar-refractivity contribution is -0.120. The summed E-state index contributed by atoms with van der Waals surface area (Å²) in [5, 5.41) is 21.5. The fraction of sp³-hybridized carbons (Fsp3) is 0.143. The van der Waals surface area contributed by atoms with Gasteiger partial charge in [0, 0.05) is 15.7 Å². The number of hydrogen-bond acceptors (Lipinski definition) is 6. The van der Waals surface area contributed by atoms with E-state index >= 15 is 0 Å². The Morgan fingerprint density at radius 2 is 1.97 bits per heavy atom. The van der Waals surface area contributed by atoms with Gasteiger partial charge >= 0.3 is 5.63 Å². The molecule has 1 aromatic heterocycles. The average molecular weight is 450 g/mol. The van der Waals surface area contributed by atoms with E-state index in [0.29, 0.717) is 21.1 Å². The Labute approximate surface area is 172 Å². The number of hydrogen-bond donors (Lipinski definition) is 2. The van der Waals surface area contributed by atoms with Crippen LogP contribution in [0.3, 0.4) is 0 Å². The number of nitrogens with zero attached hydrogens (tertiary/aromatic N) is 1. The molecular formula is C21H12BrN3O4. The van der Waals surface area contributed by atoms with Gasteiger partial charge in [0.2, 0.25) is 11.8 Å². The number of anilines is 1. The normalized spacial score (nSPS) is 22.0. The first-order valence-corrected chi connectivity index (χ1v) is 9.53. The minimum Gasteiger partial charge on any atom is -0.441 e. The molecule has 0 saturated carbocycles. The molecule has 0 bridgehead atoms. The number of aryl methyl sites for hydroxylation is 1. The molecule has 0 saturated heterocycles. The summed E-state index contributed by atoms with van der Waals surface area (Å²) in [5.41, 5.74) is -0.599. The van der Waals surface area contributed by atoms with Gasteiger partial charge in [-0.3, -0.25) is 10.2 Å². The van der Waals surface area contributed by atoms with E-state index in [1.165, 1.54) is 0 Å². The highest BCUT2D eigenvalue weighted by atomic mass is 79.9. The van der Waals surface area contributed by atoms with Crippen LogP contribution in [0.4, 0.5) is 5.69 Å². The Hall–Kier alpha value is -3.44. The molecule has 3 heterocycles. The number of rotatable bonds is 0. The largest absolute Gasteiger partial charge is 0.441 e. The molecule has 29 heavy (non-hydrogen) atoms. The van der Waals surface area contributed by atoms with Gasteiger partial charge in [-0.25, -0.2) is 4.79 Å². The zero-order valence-electron chi connectivity index (χ0n) is 15.0. The van der Waals surface area contributed by atoms with Gasteiger partial charge in [0.15, 0.2) is 5.75 Å².